The first kappa shape index (κ1) is 13.0. The van der Waals surface area contributed by atoms with Gasteiger partial charge in [-0.15, -0.1) is 0 Å². The maximum Gasteiger partial charge on any atom is 0.347 e. The normalized spacial score (nSPS) is 16.7. The lowest BCUT2D eigenvalue weighted by Gasteiger charge is -2.10. The molecule has 1 N–H and O–H groups in total. The van der Waals surface area contributed by atoms with E-state index in [2.05, 4.69) is 10.3 Å². The Hall–Kier alpha value is -2.44. The zero-order valence-corrected chi connectivity index (χ0v) is 10.5. The standard InChI is InChI=1S/C12H14N4O3/c1-15-7-3-6-11(15)14-12(17)13-9-4-2-5-10(8-9)16(18)19/h2,4-5,8H,3,6-7H2,1H3,(H,13,17). The number of benzene rings is 1. The number of carbonyl (C=O) groups excluding carboxylic acids is 1. The molecule has 1 aromatic rings. The number of amides is 2. The Morgan fingerprint density at radius 3 is 2.95 bits per heavy atom. The van der Waals surface area contributed by atoms with E-state index in [0.29, 0.717) is 5.69 Å². The molecular weight excluding hydrogens is 248 g/mol. The van der Waals surface area contributed by atoms with E-state index in [1.165, 1.54) is 18.2 Å². The van der Waals surface area contributed by atoms with Crippen LogP contribution >= 0.6 is 0 Å². The van der Waals surface area contributed by atoms with Gasteiger partial charge in [0.2, 0.25) is 0 Å². The Kier molecular flexibility index (Phi) is 3.74. The van der Waals surface area contributed by atoms with Crippen LogP contribution < -0.4 is 5.32 Å². The molecule has 0 atom stereocenters. The van der Waals surface area contributed by atoms with Crippen LogP contribution in [-0.4, -0.2) is 35.3 Å². The molecule has 1 aromatic carbocycles. The number of aliphatic imine (C=N–C) groups is 1. The summed E-state index contributed by atoms with van der Waals surface area (Å²) in [6, 6.07) is 5.26. The Morgan fingerprint density at radius 1 is 1.53 bits per heavy atom. The topological polar surface area (TPSA) is 87.8 Å². The summed E-state index contributed by atoms with van der Waals surface area (Å²) in [5.74, 6) is 0.739. The van der Waals surface area contributed by atoms with E-state index in [-0.39, 0.29) is 5.69 Å². The molecule has 0 spiro atoms. The van der Waals surface area contributed by atoms with Crippen LogP contribution in [0.2, 0.25) is 0 Å². The minimum Gasteiger partial charge on any atom is -0.363 e. The number of hydrogen-bond donors (Lipinski definition) is 1. The second kappa shape index (κ2) is 5.47. The van der Waals surface area contributed by atoms with Gasteiger partial charge in [0.1, 0.15) is 5.84 Å². The van der Waals surface area contributed by atoms with Gasteiger partial charge in [-0.3, -0.25) is 10.1 Å². The fourth-order valence-corrected chi connectivity index (χ4v) is 1.90. The Balaban J connectivity index is 2.07. The quantitative estimate of drug-likeness (QED) is 0.654. The minimum atomic E-state index is -0.510. The number of anilines is 1. The molecule has 1 fully saturated rings. The number of urea groups is 1. The van der Waals surface area contributed by atoms with Crippen molar-refractivity contribution in [2.24, 2.45) is 4.99 Å². The molecule has 0 aromatic heterocycles. The number of hydrogen-bond acceptors (Lipinski definition) is 3. The summed E-state index contributed by atoms with van der Waals surface area (Å²) < 4.78 is 0. The minimum absolute atomic E-state index is 0.0663. The van der Waals surface area contributed by atoms with Crippen molar-refractivity contribution < 1.29 is 9.72 Å². The number of non-ortho nitro benzene ring substituents is 1. The van der Waals surface area contributed by atoms with Crippen LogP contribution in [0.5, 0.6) is 0 Å². The number of nitro groups is 1. The molecule has 7 heteroatoms. The predicted octanol–water partition coefficient (Wildman–Crippen LogP) is 2.25. The van der Waals surface area contributed by atoms with E-state index in [1.807, 2.05) is 11.9 Å². The van der Waals surface area contributed by atoms with Crippen molar-refractivity contribution in [1.29, 1.82) is 0 Å². The van der Waals surface area contributed by atoms with Gasteiger partial charge < -0.3 is 10.2 Å². The van der Waals surface area contributed by atoms with Crippen LogP contribution in [-0.2, 0) is 0 Å². The van der Waals surface area contributed by atoms with Crippen LogP contribution in [0, 0.1) is 10.1 Å². The molecule has 0 radical (unpaired) electrons. The second-order valence-corrected chi connectivity index (χ2v) is 4.29. The molecule has 2 amide bonds. The van der Waals surface area contributed by atoms with Gasteiger partial charge in [-0.1, -0.05) is 6.07 Å². The summed E-state index contributed by atoms with van der Waals surface area (Å²) in [5.41, 5.74) is 0.299. The number of carbonyl (C=O) groups is 1. The first-order chi connectivity index (χ1) is 9.06. The fourth-order valence-electron chi connectivity index (χ4n) is 1.90. The Morgan fingerprint density at radius 2 is 2.32 bits per heavy atom. The van der Waals surface area contributed by atoms with Crippen molar-refractivity contribution in [3.05, 3.63) is 34.4 Å². The largest absolute Gasteiger partial charge is 0.363 e. The zero-order chi connectivity index (χ0) is 13.8. The van der Waals surface area contributed by atoms with Crippen LogP contribution in [0.3, 0.4) is 0 Å². The number of amidine groups is 1. The van der Waals surface area contributed by atoms with Gasteiger partial charge in [0.15, 0.2) is 0 Å². The maximum atomic E-state index is 11.7. The van der Waals surface area contributed by atoms with Gasteiger partial charge in [-0.2, -0.15) is 4.99 Å². The smallest absolute Gasteiger partial charge is 0.347 e. The molecule has 0 bridgehead atoms. The average molecular weight is 262 g/mol. The van der Waals surface area contributed by atoms with Gasteiger partial charge in [-0.25, -0.2) is 4.79 Å². The first-order valence-corrected chi connectivity index (χ1v) is 5.90. The van der Waals surface area contributed by atoms with Crippen molar-refractivity contribution in [2.45, 2.75) is 12.8 Å². The van der Waals surface area contributed by atoms with E-state index in [1.54, 1.807) is 6.07 Å². The lowest BCUT2D eigenvalue weighted by atomic mass is 10.3. The van der Waals surface area contributed by atoms with E-state index in [0.717, 1.165) is 25.2 Å². The highest BCUT2D eigenvalue weighted by Gasteiger charge is 2.15. The van der Waals surface area contributed by atoms with Crippen molar-refractivity contribution in [2.75, 3.05) is 18.9 Å². The van der Waals surface area contributed by atoms with E-state index in [4.69, 9.17) is 0 Å². The molecule has 0 saturated carbocycles. The number of likely N-dealkylation sites (tertiary alicyclic amines) is 1. The summed E-state index contributed by atoms with van der Waals surface area (Å²) in [7, 11) is 1.88. The molecule has 1 heterocycles. The summed E-state index contributed by atoms with van der Waals surface area (Å²) in [6.45, 7) is 0.892. The van der Waals surface area contributed by atoms with Crippen molar-refractivity contribution in [1.82, 2.24) is 4.90 Å². The molecule has 2 rings (SSSR count). The summed E-state index contributed by atoms with van der Waals surface area (Å²) in [5, 5.41) is 13.1. The zero-order valence-electron chi connectivity index (χ0n) is 10.5. The molecule has 1 aliphatic heterocycles. The summed E-state index contributed by atoms with van der Waals surface area (Å²) in [4.78, 5) is 27.7. The Labute approximate surface area is 110 Å². The Bertz CT molecular complexity index is 542. The van der Waals surface area contributed by atoms with Crippen molar-refractivity contribution in [3.63, 3.8) is 0 Å². The highest BCUT2D eigenvalue weighted by atomic mass is 16.6. The lowest BCUT2D eigenvalue weighted by molar-refractivity contribution is -0.384. The third-order valence-corrected chi connectivity index (χ3v) is 2.87. The van der Waals surface area contributed by atoms with Crippen LogP contribution in [0.1, 0.15) is 12.8 Å². The number of nitrogens with one attached hydrogen (secondary N) is 1. The summed E-state index contributed by atoms with van der Waals surface area (Å²) in [6.07, 6.45) is 1.76. The SMILES string of the molecule is CN1CCCC1=NC(=O)Nc1cccc([N+](=O)[O-])c1. The number of nitro benzene ring substituents is 1. The van der Waals surface area contributed by atoms with E-state index in [9.17, 15) is 14.9 Å². The molecular formula is C12H14N4O3. The van der Waals surface area contributed by atoms with Gasteiger partial charge in [-0.05, 0) is 12.5 Å². The predicted molar refractivity (Wildman–Crippen MR) is 71.4 cm³/mol. The van der Waals surface area contributed by atoms with Crippen LogP contribution in [0.15, 0.2) is 29.3 Å². The number of nitrogens with zero attached hydrogens (tertiary/aromatic N) is 3. The lowest BCUT2D eigenvalue weighted by Crippen LogP contribution is -2.21. The number of rotatable bonds is 2. The molecule has 0 aliphatic carbocycles. The molecule has 0 unspecified atom stereocenters. The molecule has 19 heavy (non-hydrogen) atoms. The van der Waals surface area contributed by atoms with Crippen LogP contribution in [0.25, 0.3) is 0 Å². The third-order valence-electron chi connectivity index (χ3n) is 2.87. The first-order valence-electron chi connectivity index (χ1n) is 5.90. The summed E-state index contributed by atoms with van der Waals surface area (Å²) >= 11 is 0. The van der Waals surface area contributed by atoms with Gasteiger partial charge >= 0.3 is 6.03 Å². The molecule has 100 valence electrons. The van der Waals surface area contributed by atoms with Gasteiger partial charge in [0, 0.05) is 37.8 Å². The average Bonchev–Trinajstić information content (AvgIpc) is 2.75. The van der Waals surface area contributed by atoms with E-state index >= 15 is 0 Å². The van der Waals surface area contributed by atoms with Crippen molar-refractivity contribution in [3.8, 4) is 0 Å². The van der Waals surface area contributed by atoms with Crippen LogP contribution in [0.4, 0.5) is 16.2 Å². The second-order valence-electron chi connectivity index (χ2n) is 4.29. The monoisotopic (exact) mass is 262 g/mol. The highest BCUT2D eigenvalue weighted by molar-refractivity contribution is 6.00. The highest BCUT2D eigenvalue weighted by Crippen LogP contribution is 2.17. The van der Waals surface area contributed by atoms with Gasteiger partial charge in [0.05, 0.1) is 4.92 Å². The third kappa shape index (κ3) is 3.27. The van der Waals surface area contributed by atoms with E-state index < -0.39 is 11.0 Å². The van der Waals surface area contributed by atoms with Gasteiger partial charge in [0.25, 0.3) is 5.69 Å². The van der Waals surface area contributed by atoms with Crippen molar-refractivity contribution >= 4 is 23.2 Å². The molecule has 7 nitrogen and oxygen atoms in total. The molecule has 1 saturated heterocycles. The fraction of sp³-hybridized carbons (Fsp3) is 0.333. The maximum absolute atomic E-state index is 11.7. The molecule has 1 aliphatic rings.